The van der Waals surface area contributed by atoms with Gasteiger partial charge in [0.1, 0.15) is 0 Å². The predicted octanol–water partition coefficient (Wildman–Crippen LogP) is 2.92. The predicted molar refractivity (Wildman–Crippen MR) is 72.6 cm³/mol. The summed E-state index contributed by atoms with van der Waals surface area (Å²) in [4.78, 5) is 0. The summed E-state index contributed by atoms with van der Waals surface area (Å²) >= 11 is 0. The number of aliphatic hydroxyl groups is 1. The first kappa shape index (κ1) is 11.7. The van der Waals surface area contributed by atoms with Gasteiger partial charge in [0.25, 0.3) is 0 Å². The van der Waals surface area contributed by atoms with Gasteiger partial charge in [0.15, 0.2) is 0 Å². The molecule has 1 aliphatic heterocycles. The van der Waals surface area contributed by atoms with E-state index in [0.29, 0.717) is 6.42 Å². The van der Waals surface area contributed by atoms with Gasteiger partial charge in [0.2, 0.25) is 0 Å². The minimum atomic E-state index is -0.390. The molecular formula is C16H18O2. The monoisotopic (exact) mass is 242 g/mol. The van der Waals surface area contributed by atoms with Crippen LogP contribution >= 0.6 is 0 Å². The SMILES string of the molecule is OC(Cc1cccc2ccccc12)C1CCCO1. The second-order valence-corrected chi connectivity index (χ2v) is 4.96. The fourth-order valence-electron chi connectivity index (χ4n) is 2.73. The highest BCUT2D eigenvalue weighted by Gasteiger charge is 2.24. The van der Waals surface area contributed by atoms with E-state index in [1.54, 1.807) is 0 Å². The summed E-state index contributed by atoms with van der Waals surface area (Å²) in [7, 11) is 0. The number of hydrogen-bond donors (Lipinski definition) is 1. The Kier molecular flexibility index (Phi) is 3.31. The maximum absolute atomic E-state index is 10.2. The van der Waals surface area contributed by atoms with E-state index in [1.807, 2.05) is 12.1 Å². The number of benzene rings is 2. The second kappa shape index (κ2) is 5.09. The van der Waals surface area contributed by atoms with E-state index >= 15 is 0 Å². The van der Waals surface area contributed by atoms with Crippen molar-refractivity contribution < 1.29 is 9.84 Å². The molecule has 1 aliphatic rings. The maximum atomic E-state index is 10.2. The van der Waals surface area contributed by atoms with Gasteiger partial charge < -0.3 is 9.84 Å². The quantitative estimate of drug-likeness (QED) is 0.896. The van der Waals surface area contributed by atoms with Crippen molar-refractivity contribution in [3.8, 4) is 0 Å². The molecule has 18 heavy (non-hydrogen) atoms. The van der Waals surface area contributed by atoms with Crippen molar-refractivity contribution in [2.45, 2.75) is 31.5 Å². The highest BCUT2D eigenvalue weighted by atomic mass is 16.5. The van der Waals surface area contributed by atoms with Gasteiger partial charge in [-0.1, -0.05) is 42.5 Å². The molecule has 1 N–H and O–H groups in total. The van der Waals surface area contributed by atoms with Crippen molar-refractivity contribution in [3.63, 3.8) is 0 Å². The van der Waals surface area contributed by atoms with Crippen LogP contribution in [-0.2, 0) is 11.2 Å². The molecule has 2 aromatic carbocycles. The molecule has 0 aromatic heterocycles. The number of aliphatic hydroxyl groups excluding tert-OH is 1. The number of fused-ring (bicyclic) bond motifs is 1. The summed E-state index contributed by atoms with van der Waals surface area (Å²) in [6.07, 6.45) is 2.34. The molecule has 0 bridgehead atoms. The molecule has 2 unspecified atom stereocenters. The maximum Gasteiger partial charge on any atom is 0.0842 e. The third-order valence-electron chi connectivity index (χ3n) is 3.70. The molecular weight excluding hydrogens is 224 g/mol. The largest absolute Gasteiger partial charge is 0.390 e. The lowest BCUT2D eigenvalue weighted by Crippen LogP contribution is -2.27. The van der Waals surface area contributed by atoms with Gasteiger partial charge in [-0.25, -0.2) is 0 Å². The fourth-order valence-corrected chi connectivity index (χ4v) is 2.73. The average molecular weight is 242 g/mol. The Hall–Kier alpha value is -1.38. The Morgan fingerprint density at radius 2 is 2.00 bits per heavy atom. The summed E-state index contributed by atoms with van der Waals surface area (Å²) in [5.74, 6) is 0. The molecule has 1 saturated heterocycles. The van der Waals surface area contributed by atoms with E-state index in [1.165, 1.54) is 16.3 Å². The lowest BCUT2D eigenvalue weighted by Gasteiger charge is -2.18. The molecule has 1 fully saturated rings. The van der Waals surface area contributed by atoms with Crippen molar-refractivity contribution in [1.82, 2.24) is 0 Å². The van der Waals surface area contributed by atoms with Crippen LogP contribution in [0.25, 0.3) is 10.8 Å². The van der Waals surface area contributed by atoms with E-state index in [2.05, 4.69) is 30.3 Å². The van der Waals surface area contributed by atoms with Crippen LogP contribution in [-0.4, -0.2) is 23.9 Å². The summed E-state index contributed by atoms with van der Waals surface area (Å²) in [5.41, 5.74) is 1.20. The zero-order valence-corrected chi connectivity index (χ0v) is 10.4. The Balaban J connectivity index is 1.85. The van der Waals surface area contributed by atoms with Crippen molar-refractivity contribution in [2.75, 3.05) is 6.61 Å². The minimum Gasteiger partial charge on any atom is -0.390 e. The first-order chi connectivity index (χ1) is 8.84. The van der Waals surface area contributed by atoms with Crippen LogP contribution in [0, 0.1) is 0 Å². The van der Waals surface area contributed by atoms with Gasteiger partial charge in [0, 0.05) is 13.0 Å². The number of hydrogen-bond acceptors (Lipinski definition) is 2. The normalized spacial score (nSPS) is 21.3. The molecule has 2 aromatic rings. The first-order valence-corrected chi connectivity index (χ1v) is 6.61. The van der Waals surface area contributed by atoms with Gasteiger partial charge in [-0.15, -0.1) is 0 Å². The van der Waals surface area contributed by atoms with E-state index in [-0.39, 0.29) is 6.10 Å². The first-order valence-electron chi connectivity index (χ1n) is 6.61. The second-order valence-electron chi connectivity index (χ2n) is 4.96. The topological polar surface area (TPSA) is 29.5 Å². The Morgan fingerprint density at radius 3 is 2.83 bits per heavy atom. The van der Waals surface area contributed by atoms with Gasteiger partial charge in [0.05, 0.1) is 12.2 Å². The molecule has 2 nitrogen and oxygen atoms in total. The molecule has 0 spiro atoms. The third kappa shape index (κ3) is 2.26. The summed E-state index contributed by atoms with van der Waals surface area (Å²) in [6.45, 7) is 0.789. The molecule has 2 heteroatoms. The zero-order chi connectivity index (χ0) is 12.4. The summed E-state index contributed by atoms with van der Waals surface area (Å²) in [5, 5.41) is 12.7. The molecule has 0 radical (unpaired) electrons. The number of ether oxygens (including phenoxy) is 1. The standard InChI is InChI=1S/C16H18O2/c17-15(16-9-4-10-18-16)11-13-7-3-6-12-5-1-2-8-14(12)13/h1-3,5-8,15-17H,4,9-11H2. The third-order valence-corrected chi connectivity index (χ3v) is 3.70. The van der Waals surface area contributed by atoms with Gasteiger partial charge in [-0.3, -0.25) is 0 Å². The van der Waals surface area contributed by atoms with Crippen LogP contribution in [0.15, 0.2) is 42.5 Å². The number of rotatable bonds is 3. The van der Waals surface area contributed by atoms with Gasteiger partial charge in [-0.05, 0) is 29.2 Å². The molecule has 1 heterocycles. The smallest absolute Gasteiger partial charge is 0.0842 e. The Bertz CT molecular complexity index is 524. The van der Waals surface area contributed by atoms with Crippen molar-refractivity contribution in [2.24, 2.45) is 0 Å². The molecule has 0 amide bonds. The molecule has 3 rings (SSSR count). The lowest BCUT2D eigenvalue weighted by molar-refractivity contribution is -0.000622. The molecule has 0 saturated carbocycles. The average Bonchev–Trinajstić information content (AvgIpc) is 2.93. The van der Waals surface area contributed by atoms with Gasteiger partial charge >= 0.3 is 0 Å². The van der Waals surface area contributed by atoms with Gasteiger partial charge in [-0.2, -0.15) is 0 Å². The van der Waals surface area contributed by atoms with Crippen molar-refractivity contribution in [1.29, 1.82) is 0 Å². The lowest BCUT2D eigenvalue weighted by atomic mass is 9.97. The molecule has 2 atom stereocenters. The van der Waals surface area contributed by atoms with Crippen molar-refractivity contribution in [3.05, 3.63) is 48.0 Å². The minimum absolute atomic E-state index is 0.0176. The van der Waals surface area contributed by atoms with Crippen LogP contribution in [0.3, 0.4) is 0 Å². The van der Waals surface area contributed by atoms with E-state index in [4.69, 9.17) is 4.74 Å². The van der Waals surface area contributed by atoms with E-state index in [0.717, 1.165) is 19.4 Å². The molecule has 0 aliphatic carbocycles. The summed E-state index contributed by atoms with van der Waals surface area (Å²) in [6, 6.07) is 14.6. The van der Waals surface area contributed by atoms with Crippen molar-refractivity contribution >= 4 is 10.8 Å². The fraction of sp³-hybridized carbons (Fsp3) is 0.375. The Morgan fingerprint density at radius 1 is 1.17 bits per heavy atom. The van der Waals surface area contributed by atoms with Crippen LogP contribution < -0.4 is 0 Å². The molecule has 94 valence electrons. The highest BCUT2D eigenvalue weighted by molar-refractivity contribution is 5.85. The van der Waals surface area contributed by atoms with Crippen LogP contribution in [0.4, 0.5) is 0 Å². The van der Waals surface area contributed by atoms with Crippen LogP contribution in [0.2, 0.25) is 0 Å². The summed E-state index contributed by atoms with van der Waals surface area (Å²) < 4.78 is 5.55. The van der Waals surface area contributed by atoms with Crippen LogP contribution in [0.5, 0.6) is 0 Å². The van der Waals surface area contributed by atoms with E-state index < -0.39 is 6.10 Å². The Labute approximate surface area is 107 Å². The van der Waals surface area contributed by atoms with Crippen LogP contribution in [0.1, 0.15) is 18.4 Å². The highest BCUT2D eigenvalue weighted by Crippen LogP contribution is 2.23. The van der Waals surface area contributed by atoms with E-state index in [9.17, 15) is 5.11 Å². The zero-order valence-electron chi connectivity index (χ0n) is 10.4.